The number of rotatable bonds is 6. The van der Waals surface area contributed by atoms with Crippen LogP contribution in [0.5, 0.6) is 5.75 Å². The third-order valence-corrected chi connectivity index (χ3v) is 6.68. The maximum Gasteiger partial charge on any atom is 0.251 e. The molecule has 1 fully saturated rings. The van der Waals surface area contributed by atoms with Crippen LogP contribution < -0.4 is 25.2 Å². The van der Waals surface area contributed by atoms with Crippen molar-refractivity contribution < 1.29 is 14.3 Å². The highest BCUT2D eigenvalue weighted by Crippen LogP contribution is 2.40. The Balaban J connectivity index is 1.73. The number of aromatic nitrogens is 2. The number of carbonyl (C=O) groups excluding carboxylic acids is 2. The van der Waals surface area contributed by atoms with E-state index in [1.54, 1.807) is 43.4 Å². The van der Waals surface area contributed by atoms with E-state index < -0.39 is 5.41 Å². The minimum absolute atomic E-state index is 0.0564. The predicted octanol–water partition coefficient (Wildman–Crippen LogP) is 4.12. The van der Waals surface area contributed by atoms with Crippen molar-refractivity contribution in [2.75, 3.05) is 35.8 Å². The Hall–Kier alpha value is -3.36. The van der Waals surface area contributed by atoms with Crippen LogP contribution in [0.1, 0.15) is 63.7 Å². The molecule has 0 radical (unpaired) electrons. The lowest BCUT2D eigenvalue weighted by atomic mass is 9.91. The summed E-state index contributed by atoms with van der Waals surface area (Å²) >= 11 is 0. The number of fused-ring (bicyclic) bond motifs is 1. The molecule has 35 heavy (non-hydrogen) atoms. The Morgan fingerprint density at radius 2 is 1.94 bits per heavy atom. The van der Waals surface area contributed by atoms with Gasteiger partial charge in [0.05, 0.1) is 23.4 Å². The van der Waals surface area contributed by atoms with Crippen LogP contribution in [0.4, 0.5) is 23.1 Å². The monoisotopic (exact) mass is 480 g/mol. The first-order valence-corrected chi connectivity index (χ1v) is 12.3. The summed E-state index contributed by atoms with van der Waals surface area (Å²) < 4.78 is 5.98. The Labute approximate surface area is 207 Å². The number of nitrogens with one attached hydrogen (secondary N) is 2. The van der Waals surface area contributed by atoms with Crippen molar-refractivity contribution in [2.45, 2.75) is 65.5 Å². The summed E-state index contributed by atoms with van der Waals surface area (Å²) in [5, 5.41) is 5.92. The molecule has 1 saturated carbocycles. The highest BCUT2D eigenvalue weighted by molar-refractivity contribution is 6.01. The SMILES string of the molecule is CNC(=O)c1ccc(Nc2ncc3c(n2)N(C2CCCC2)CC(C)(C)C(=O)N3C)c(OC(C)C)c1. The summed E-state index contributed by atoms with van der Waals surface area (Å²) in [6.07, 6.45) is 6.19. The number of carbonyl (C=O) groups is 2. The predicted molar refractivity (Wildman–Crippen MR) is 138 cm³/mol. The molecule has 0 unspecified atom stereocenters. The van der Waals surface area contributed by atoms with Gasteiger partial charge in [0, 0.05) is 32.2 Å². The van der Waals surface area contributed by atoms with Crippen molar-refractivity contribution in [3.8, 4) is 5.75 Å². The number of nitrogens with zero attached hydrogens (tertiary/aromatic N) is 4. The molecule has 4 rings (SSSR count). The number of hydrogen-bond acceptors (Lipinski definition) is 7. The first-order chi connectivity index (χ1) is 16.6. The largest absolute Gasteiger partial charge is 0.489 e. The quantitative estimate of drug-likeness (QED) is 0.642. The summed E-state index contributed by atoms with van der Waals surface area (Å²) in [4.78, 5) is 38.8. The van der Waals surface area contributed by atoms with Crippen LogP contribution in [-0.2, 0) is 4.79 Å². The second-order valence-electron chi connectivity index (χ2n) is 10.3. The van der Waals surface area contributed by atoms with Gasteiger partial charge in [-0.05, 0) is 58.7 Å². The minimum atomic E-state index is -0.542. The Morgan fingerprint density at radius 3 is 2.60 bits per heavy atom. The number of hydrogen-bond donors (Lipinski definition) is 2. The fourth-order valence-electron chi connectivity index (χ4n) is 4.91. The van der Waals surface area contributed by atoms with E-state index in [-0.39, 0.29) is 17.9 Å². The Kier molecular flexibility index (Phi) is 6.87. The highest BCUT2D eigenvalue weighted by Gasteiger charge is 2.41. The smallest absolute Gasteiger partial charge is 0.251 e. The lowest BCUT2D eigenvalue weighted by Crippen LogP contribution is -2.45. The molecule has 188 valence electrons. The average molecular weight is 481 g/mol. The van der Waals surface area contributed by atoms with Gasteiger partial charge >= 0.3 is 0 Å². The van der Waals surface area contributed by atoms with Crippen LogP contribution in [0.25, 0.3) is 0 Å². The first-order valence-electron chi connectivity index (χ1n) is 12.3. The highest BCUT2D eigenvalue weighted by atomic mass is 16.5. The molecule has 2 aliphatic rings. The molecule has 1 aromatic heterocycles. The van der Waals surface area contributed by atoms with Gasteiger partial charge in [-0.25, -0.2) is 4.98 Å². The third-order valence-electron chi connectivity index (χ3n) is 6.68. The van der Waals surface area contributed by atoms with Crippen LogP contribution >= 0.6 is 0 Å². The van der Waals surface area contributed by atoms with Gasteiger partial charge in [-0.2, -0.15) is 4.98 Å². The van der Waals surface area contributed by atoms with Crippen molar-refractivity contribution in [3.05, 3.63) is 30.0 Å². The molecule has 0 bridgehead atoms. The van der Waals surface area contributed by atoms with E-state index in [2.05, 4.69) is 20.5 Å². The Bertz CT molecular complexity index is 1110. The normalized spacial score (nSPS) is 17.9. The zero-order chi connectivity index (χ0) is 25.3. The van der Waals surface area contributed by atoms with Crippen molar-refractivity contribution in [1.29, 1.82) is 0 Å². The topological polar surface area (TPSA) is 99.7 Å². The zero-order valence-corrected chi connectivity index (χ0v) is 21.5. The summed E-state index contributed by atoms with van der Waals surface area (Å²) in [6, 6.07) is 5.59. The zero-order valence-electron chi connectivity index (χ0n) is 21.5. The fourth-order valence-corrected chi connectivity index (χ4v) is 4.91. The maximum absolute atomic E-state index is 13.2. The molecule has 1 aliphatic heterocycles. The summed E-state index contributed by atoms with van der Waals surface area (Å²) in [6.45, 7) is 8.46. The lowest BCUT2D eigenvalue weighted by molar-refractivity contribution is -0.125. The van der Waals surface area contributed by atoms with E-state index in [9.17, 15) is 9.59 Å². The standard InChI is InChI=1S/C26H36N6O3/c1-16(2)35-21-13-17(23(33)27-5)11-12-19(21)29-25-28-14-20-22(30-25)32(18-9-7-8-10-18)15-26(3,4)24(34)31(20)6/h11-14,16,18H,7-10,15H2,1-6H3,(H,27,33)(H,28,29,30). The van der Waals surface area contributed by atoms with Gasteiger partial charge in [-0.15, -0.1) is 0 Å². The fraction of sp³-hybridized carbons (Fsp3) is 0.538. The average Bonchev–Trinajstić information content (AvgIpc) is 3.34. The molecular weight excluding hydrogens is 444 g/mol. The summed E-state index contributed by atoms with van der Waals surface area (Å²) in [7, 11) is 3.39. The van der Waals surface area contributed by atoms with E-state index in [0.717, 1.165) is 18.7 Å². The van der Waals surface area contributed by atoms with E-state index >= 15 is 0 Å². The van der Waals surface area contributed by atoms with Crippen LogP contribution in [0.2, 0.25) is 0 Å². The van der Waals surface area contributed by atoms with Gasteiger partial charge in [-0.1, -0.05) is 12.8 Å². The van der Waals surface area contributed by atoms with Crippen LogP contribution in [0.3, 0.4) is 0 Å². The van der Waals surface area contributed by atoms with Gasteiger partial charge in [0.15, 0.2) is 5.82 Å². The van der Waals surface area contributed by atoms with Crippen molar-refractivity contribution in [3.63, 3.8) is 0 Å². The molecule has 2 N–H and O–H groups in total. The van der Waals surface area contributed by atoms with Gasteiger partial charge in [0.1, 0.15) is 11.4 Å². The number of anilines is 4. The Morgan fingerprint density at radius 1 is 1.23 bits per heavy atom. The molecule has 0 saturated heterocycles. The summed E-state index contributed by atoms with van der Waals surface area (Å²) in [5.41, 5.74) is 1.34. The van der Waals surface area contributed by atoms with E-state index in [4.69, 9.17) is 9.72 Å². The molecule has 1 aromatic carbocycles. The molecule has 0 spiro atoms. The van der Waals surface area contributed by atoms with E-state index in [1.807, 2.05) is 27.7 Å². The van der Waals surface area contributed by atoms with Gasteiger partial charge in [0.25, 0.3) is 5.91 Å². The molecule has 0 atom stereocenters. The van der Waals surface area contributed by atoms with Crippen molar-refractivity contribution in [2.24, 2.45) is 5.41 Å². The van der Waals surface area contributed by atoms with E-state index in [0.29, 0.717) is 41.2 Å². The third kappa shape index (κ3) is 5.04. The van der Waals surface area contributed by atoms with Gasteiger partial charge in [-0.3, -0.25) is 9.59 Å². The second-order valence-corrected chi connectivity index (χ2v) is 10.3. The molecule has 2 aromatic rings. The summed E-state index contributed by atoms with van der Waals surface area (Å²) in [5.74, 6) is 1.59. The van der Waals surface area contributed by atoms with Crippen LogP contribution in [-0.4, -0.2) is 54.6 Å². The molecule has 9 nitrogen and oxygen atoms in total. The van der Waals surface area contributed by atoms with E-state index in [1.165, 1.54) is 12.8 Å². The molecule has 9 heteroatoms. The van der Waals surface area contributed by atoms with Gasteiger partial charge < -0.3 is 25.2 Å². The molecule has 1 aliphatic carbocycles. The van der Waals surface area contributed by atoms with Gasteiger partial charge in [0.2, 0.25) is 11.9 Å². The van der Waals surface area contributed by atoms with Crippen molar-refractivity contribution >= 4 is 35.0 Å². The molecular formula is C26H36N6O3. The number of benzene rings is 1. The molecule has 2 amide bonds. The minimum Gasteiger partial charge on any atom is -0.489 e. The van der Waals surface area contributed by atoms with Crippen LogP contribution in [0.15, 0.2) is 24.4 Å². The first kappa shape index (κ1) is 24.8. The second kappa shape index (κ2) is 9.71. The number of ether oxygens (including phenoxy) is 1. The molecule has 2 heterocycles. The van der Waals surface area contributed by atoms with Crippen molar-refractivity contribution in [1.82, 2.24) is 15.3 Å². The maximum atomic E-state index is 13.2. The lowest BCUT2D eigenvalue weighted by Gasteiger charge is -2.34. The number of amides is 2. The van der Waals surface area contributed by atoms with Crippen LogP contribution in [0, 0.1) is 5.41 Å².